The van der Waals surface area contributed by atoms with Gasteiger partial charge in [-0.25, -0.2) is 0 Å². The molecule has 0 heterocycles. The predicted molar refractivity (Wildman–Crippen MR) is 26.6 cm³/mol. The monoisotopic (exact) mass is 85.1 g/mol. The lowest BCUT2D eigenvalue weighted by molar-refractivity contribution is 0.747. The Hall–Kier alpha value is -0.0400. The fraction of sp³-hybridized carbons (Fsp3) is 1.00. The first-order valence-electron chi connectivity index (χ1n) is 2.52. The van der Waals surface area contributed by atoms with Crippen LogP contribution in [-0.2, 0) is 0 Å². The number of hydrogen-bond acceptors (Lipinski definition) is 1. The predicted octanol–water partition coefficient (Wildman–Crippen LogP) is 0.614. The van der Waals surface area contributed by atoms with Gasteiger partial charge in [0.1, 0.15) is 0 Å². The second-order valence-corrected chi connectivity index (χ2v) is 2.11. The van der Waals surface area contributed by atoms with Crippen LogP contribution < -0.4 is 5.32 Å². The molecule has 0 spiro atoms. The van der Waals surface area contributed by atoms with Crippen LogP contribution >= 0.6 is 0 Å². The van der Waals surface area contributed by atoms with Gasteiger partial charge < -0.3 is 5.32 Å². The van der Waals surface area contributed by atoms with Crippen molar-refractivity contribution in [3.05, 3.63) is 0 Å². The highest BCUT2D eigenvalue weighted by molar-refractivity contribution is 4.87. The third-order valence-electron chi connectivity index (χ3n) is 1.48. The van der Waals surface area contributed by atoms with Crippen molar-refractivity contribution in [3.63, 3.8) is 0 Å². The van der Waals surface area contributed by atoms with Crippen molar-refractivity contribution in [1.82, 2.24) is 5.32 Å². The van der Waals surface area contributed by atoms with Crippen LogP contribution in [0, 0.1) is 5.92 Å². The standard InChI is InChI=1S/C5H11N/c1-4-3-5(4)6-2/h4-6H,3H2,1-2H3/t4-,5+/m0/s1. The SMILES string of the molecule is CN[C@@H]1C[C@@H]1C. The van der Waals surface area contributed by atoms with Crippen molar-refractivity contribution >= 4 is 0 Å². The Morgan fingerprint density at radius 3 is 2.17 bits per heavy atom. The van der Waals surface area contributed by atoms with Gasteiger partial charge in [0.2, 0.25) is 0 Å². The first-order chi connectivity index (χ1) is 2.84. The summed E-state index contributed by atoms with van der Waals surface area (Å²) in [4.78, 5) is 0. The average molecular weight is 85.1 g/mol. The molecule has 1 nitrogen and oxygen atoms in total. The van der Waals surface area contributed by atoms with Gasteiger partial charge in [0.05, 0.1) is 0 Å². The van der Waals surface area contributed by atoms with Crippen molar-refractivity contribution in [2.24, 2.45) is 5.92 Å². The minimum atomic E-state index is 0.852. The maximum Gasteiger partial charge on any atom is 0.00933 e. The maximum absolute atomic E-state index is 3.19. The zero-order valence-corrected chi connectivity index (χ0v) is 4.36. The first kappa shape index (κ1) is 4.13. The van der Waals surface area contributed by atoms with Gasteiger partial charge in [0.25, 0.3) is 0 Å². The summed E-state index contributed by atoms with van der Waals surface area (Å²) in [6.45, 7) is 2.27. The average Bonchev–Trinajstić information content (AvgIpc) is 2.19. The Morgan fingerprint density at radius 2 is 2.17 bits per heavy atom. The van der Waals surface area contributed by atoms with Crippen molar-refractivity contribution in [2.75, 3.05) is 7.05 Å². The van der Waals surface area contributed by atoms with Gasteiger partial charge in [-0.2, -0.15) is 0 Å². The van der Waals surface area contributed by atoms with Crippen LogP contribution in [0.4, 0.5) is 0 Å². The Bertz CT molecular complexity index is 49.9. The fourth-order valence-electron chi connectivity index (χ4n) is 0.724. The van der Waals surface area contributed by atoms with E-state index in [2.05, 4.69) is 12.2 Å². The second-order valence-electron chi connectivity index (χ2n) is 2.11. The lowest BCUT2D eigenvalue weighted by atomic mass is 10.5. The Kier molecular flexibility index (Phi) is 0.845. The molecule has 1 aliphatic carbocycles. The van der Waals surface area contributed by atoms with Crippen molar-refractivity contribution < 1.29 is 0 Å². The maximum atomic E-state index is 3.19. The molecule has 36 valence electrons. The molecule has 2 atom stereocenters. The summed E-state index contributed by atoms with van der Waals surface area (Å²) in [7, 11) is 2.02. The minimum absolute atomic E-state index is 0.852. The summed E-state index contributed by atoms with van der Waals surface area (Å²) in [5.41, 5.74) is 0. The van der Waals surface area contributed by atoms with Crippen LogP contribution in [0.1, 0.15) is 13.3 Å². The van der Waals surface area contributed by atoms with E-state index in [9.17, 15) is 0 Å². The molecule has 0 unspecified atom stereocenters. The summed E-state index contributed by atoms with van der Waals surface area (Å²) in [5.74, 6) is 0.954. The molecule has 0 aromatic rings. The third-order valence-corrected chi connectivity index (χ3v) is 1.48. The molecule has 0 aliphatic heterocycles. The van der Waals surface area contributed by atoms with Crippen molar-refractivity contribution in [1.29, 1.82) is 0 Å². The Labute approximate surface area is 38.7 Å². The first-order valence-corrected chi connectivity index (χ1v) is 2.52. The highest BCUT2D eigenvalue weighted by Crippen LogP contribution is 2.27. The van der Waals surface area contributed by atoms with E-state index in [1.54, 1.807) is 0 Å². The lowest BCUT2D eigenvalue weighted by Gasteiger charge is -1.84. The fourth-order valence-corrected chi connectivity index (χ4v) is 0.724. The van der Waals surface area contributed by atoms with Crippen LogP contribution in [0.3, 0.4) is 0 Å². The Balaban J connectivity index is 2.09. The largest absolute Gasteiger partial charge is 0.317 e. The minimum Gasteiger partial charge on any atom is -0.317 e. The Morgan fingerprint density at radius 1 is 1.67 bits per heavy atom. The molecule has 0 aromatic carbocycles. The molecule has 1 saturated carbocycles. The topological polar surface area (TPSA) is 12.0 Å². The summed E-state index contributed by atoms with van der Waals surface area (Å²) in [6, 6.07) is 0.852. The van der Waals surface area contributed by atoms with Crippen LogP contribution in [0.2, 0.25) is 0 Å². The van der Waals surface area contributed by atoms with Gasteiger partial charge in [0, 0.05) is 6.04 Å². The number of rotatable bonds is 1. The van der Waals surface area contributed by atoms with E-state index in [1.807, 2.05) is 7.05 Å². The normalized spacial score (nSPS) is 43.0. The highest BCUT2D eigenvalue weighted by Gasteiger charge is 2.29. The lowest BCUT2D eigenvalue weighted by Crippen LogP contribution is -2.09. The molecule has 6 heavy (non-hydrogen) atoms. The van der Waals surface area contributed by atoms with Crippen LogP contribution in [0.15, 0.2) is 0 Å². The van der Waals surface area contributed by atoms with Crippen LogP contribution in [0.25, 0.3) is 0 Å². The van der Waals surface area contributed by atoms with Gasteiger partial charge in [-0.1, -0.05) is 6.92 Å². The van der Waals surface area contributed by atoms with E-state index in [4.69, 9.17) is 0 Å². The van der Waals surface area contributed by atoms with Crippen molar-refractivity contribution in [3.8, 4) is 0 Å². The summed E-state index contributed by atoms with van der Waals surface area (Å²) >= 11 is 0. The molecule has 1 rings (SSSR count). The van der Waals surface area contributed by atoms with Crippen molar-refractivity contribution in [2.45, 2.75) is 19.4 Å². The van der Waals surface area contributed by atoms with Gasteiger partial charge in [-0.05, 0) is 19.4 Å². The highest BCUT2D eigenvalue weighted by atomic mass is 14.9. The molecule has 1 heteroatoms. The number of nitrogens with one attached hydrogen (secondary N) is 1. The van der Waals surface area contributed by atoms with E-state index in [-0.39, 0.29) is 0 Å². The van der Waals surface area contributed by atoms with E-state index in [1.165, 1.54) is 6.42 Å². The van der Waals surface area contributed by atoms with E-state index < -0.39 is 0 Å². The van der Waals surface area contributed by atoms with Gasteiger partial charge in [-0.15, -0.1) is 0 Å². The summed E-state index contributed by atoms with van der Waals surface area (Å²) in [6.07, 6.45) is 1.39. The third kappa shape index (κ3) is 0.548. The van der Waals surface area contributed by atoms with Crippen LogP contribution in [-0.4, -0.2) is 13.1 Å². The number of hydrogen-bond donors (Lipinski definition) is 1. The van der Waals surface area contributed by atoms with E-state index in [0.717, 1.165) is 12.0 Å². The smallest absolute Gasteiger partial charge is 0.00933 e. The summed E-state index contributed by atoms with van der Waals surface area (Å²) in [5, 5.41) is 3.19. The van der Waals surface area contributed by atoms with E-state index in [0.29, 0.717) is 0 Å². The molecule has 0 aromatic heterocycles. The quantitative estimate of drug-likeness (QED) is 0.492. The molecular formula is C5H11N. The zero-order valence-electron chi connectivity index (χ0n) is 4.36. The summed E-state index contributed by atoms with van der Waals surface area (Å²) < 4.78 is 0. The molecule has 1 fully saturated rings. The second kappa shape index (κ2) is 1.23. The molecular weight excluding hydrogens is 74.1 g/mol. The van der Waals surface area contributed by atoms with Gasteiger partial charge in [0.15, 0.2) is 0 Å². The van der Waals surface area contributed by atoms with Gasteiger partial charge >= 0.3 is 0 Å². The molecule has 1 aliphatic rings. The molecule has 0 radical (unpaired) electrons. The molecule has 0 saturated heterocycles. The zero-order chi connectivity index (χ0) is 4.57. The van der Waals surface area contributed by atoms with Crippen LogP contribution in [0.5, 0.6) is 0 Å². The molecule has 0 bridgehead atoms. The molecule has 1 N–H and O–H groups in total. The van der Waals surface area contributed by atoms with Gasteiger partial charge in [-0.3, -0.25) is 0 Å². The molecule has 0 amide bonds. The van der Waals surface area contributed by atoms with E-state index >= 15 is 0 Å².